The Morgan fingerprint density at radius 3 is 2.70 bits per heavy atom. The summed E-state index contributed by atoms with van der Waals surface area (Å²) in [5.41, 5.74) is 0.171. The van der Waals surface area contributed by atoms with Crippen molar-refractivity contribution in [3.8, 4) is 33.2 Å². The van der Waals surface area contributed by atoms with Gasteiger partial charge in [-0.2, -0.15) is 4.39 Å². The number of phenolic OH excluding ortho intramolecular Hbond substituents is 2. The number of nitro groups is 1. The zero-order chi connectivity index (χ0) is 16.6. The first-order valence-electron chi connectivity index (χ1n) is 6.12. The summed E-state index contributed by atoms with van der Waals surface area (Å²) in [4.78, 5) is 14.0. The number of halogens is 1. The number of nitro benzene ring substituents is 1. The lowest BCUT2D eigenvalue weighted by Gasteiger charge is -2.04. The Morgan fingerprint density at radius 2 is 2.00 bits per heavy atom. The maximum Gasteiger partial charge on any atom is 0.315 e. The molecule has 2 aromatic heterocycles. The molecule has 0 atom stereocenters. The normalized spacial score (nSPS) is 10.7. The molecule has 0 unspecified atom stereocenters. The lowest BCUT2D eigenvalue weighted by Crippen LogP contribution is -1.91. The molecular weight excluding hydrogens is 327 g/mol. The summed E-state index contributed by atoms with van der Waals surface area (Å²) in [5, 5.41) is 34.0. The second-order valence-corrected chi connectivity index (χ2v) is 5.19. The maximum absolute atomic E-state index is 13.3. The number of benzene rings is 1. The number of aromatic hydroxyl groups is 2. The maximum atomic E-state index is 13.3. The minimum atomic E-state index is -0.835. The van der Waals surface area contributed by atoms with Crippen molar-refractivity contribution >= 4 is 17.2 Å². The van der Waals surface area contributed by atoms with Crippen LogP contribution in [0.4, 0.5) is 10.1 Å². The van der Waals surface area contributed by atoms with Crippen LogP contribution in [-0.2, 0) is 0 Å². The van der Waals surface area contributed by atoms with Crippen LogP contribution in [0.2, 0.25) is 0 Å². The lowest BCUT2D eigenvalue weighted by molar-refractivity contribution is -0.385. The molecule has 0 bridgehead atoms. The van der Waals surface area contributed by atoms with Crippen LogP contribution in [0.5, 0.6) is 11.5 Å². The predicted molar refractivity (Wildman–Crippen MR) is 78.5 cm³/mol. The van der Waals surface area contributed by atoms with Crippen LogP contribution in [0.25, 0.3) is 21.7 Å². The quantitative estimate of drug-likeness (QED) is 0.327. The lowest BCUT2D eigenvalue weighted by atomic mass is 10.1. The van der Waals surface area contributed by atoms with E-state index >= 15 is 0 Å². The first-order valence-corrected chi connectivity index (χ1v) is 6.89. The first-order chi connectivity index (χ1) is 11.0. The van der Waals surface area contributed by atoms with Crippen molar-refractivity contribution in [3.63, 3.8) is 0 Å². The smallest absolute Gasteiger partial charge is 0.315 e. The Labute approximate surface area is 131 Å². The highest BCUT2D eigenvalue weighted by Gasteiger charge is 2.22. The van der Waals surface area contributed by atoms with E-state index in [1.165, 1.54) is 18.3 Å². The molecule has 3 rings (SSSR count). The summed E-state index contributed by atoms with van der Waals surface area (Å²) >= 11 is 0.961. The van der Waals surface area contributed by atoms with Crippen LogP contribution >= 0.6 is 11.5 Å². The van der Waals surface area contributed by atoms with Crippen molar-refractivity contribution in [2.24, 2.45) is 0 Å². The fraction of sp³-hybridized carbons (Fsp3) is 0. The molecule has 10 heteroatoms. The topological polar surface area (TPSA) is 122 Å². The Kier molecular flexibility index (Phi) is 3.58. The fourth-order valence-electron chi connectivity index (χ4n) is 1.99. The van der Waals surface area contributed by atoms with Gasteiger partial charge in [0.05, 0.1) is 9.80 Å². The Morgan fingerprint density at radius 1 is 1.22 bits per heavy atom. The van der Waals surface area contributed by atoms with E-state index in [2.05, 4.69) is 14.6 Å². The standard InChI is InChI=1S/C13H7FN4O4S/c14-10-5-6(1-2-15-10)13-11(16-17-23-13)7-3-8(18(21)22)12(20)9(19)4-7/h1-5,19-20H. The third-order valence-electron chi connectivity index (χ3n) is 3.02. The van der Waals surface area contributed by atoms with E-state index in [-0.39, 0.29) is 11.3 Å². The van der Waals surface area contributed by atoms with Gasteiger partial charge in [-0.3, -0.25) is 10.1 Å². The van der Waals surface area contributed by atoms with Gasteiger partial charge in [-0.05, 0) is 23.7 Å². The number of aromatic nitrogens is 3. The molecule has 2 N–H and O–H groups in total. The number of nitrogens with zero attached hydrogens (tertiary/aromatic N) is 4. The van der Waals surface area contributed by atoms with Gasteiger partial charge >= 0.3 is 5.69 Å². The molecule has 2 heterocycles. The summed E-state index contributed by atoms with van der Waals surface area (Å²) in [6.45, 7) is 0. The molecule has 23 heavy (non-hydrogen) atoms. The number of pyridine rings is 1. The Bertz CT molecular complexity index is 915. The van der Waals surface area contributed by atoms with Crippen LogP contribution in [0.15, 0.2) is 30.5 Å². The van der Waals surface area contributed by atoms with Crippen LogP contribution in [0.1, 0.15) is 0 Å². The van der Waals surface area contributed by atoms with E-state index in [4.69, 9.17) is 0 Å². The Balaban J connectivity index is 2.18. The first kappa shape index (κ1) is 14.8. The van der Waals surface area contributed by atoms with Crippen molar-refractivity contribution in [3.05, 3.63) is 46.5 Å². The average molecular weight is 334 g/mol. The molecule has 0 saturated heterocycles. The van der Waals surface area contributed by atoms with E-state index in [1.807, 2.05) is 0 Å². The monoisotopic (exact) mass is 334 g/mol. The number of hydrogen-bond acceptors (Lipinski definition) is 8. The summed E-state index contributed by atoms with van der Waals surface area (Å²) in [6, 6.07) is 4.90. The molecule has 3 aromatic rings. The van der Waals surface area contributed by atoms with Gasteiger partial charge in [0.15, 0.2) is 5.75 Å². The molecule has 1 aromatic carbocycles. The highest BCUT2D eigenvalue weighted by molar-refractivity contribution is 7.09. The molecule has 0 aliphatic carbocycles. The fourth-order valence-corrected chi connectivity index (χ4v) is 2.67. The molecule has 0 spiro atoms. The van der Waals surface area contributed by atoms with Crippen molar-refractivity contribution in [2.75, 3.05) is 0 Å². The largest absolute Gasteiger partial charge is 0.504 e. The van der Waals surface area contributed by atoms with Gasteiger partial charge in [-0.25, -0.2) is 4.98 Å². The summed E-state index contributed by atoms with van der Waals surface area (Å²) in [5.74, 6) is -2.19. The van der Waals surface area contributed by atoms with E-state index in [9.17, 15) is 24.7 Å². The van der Waals surface area contributed by atoms with Gasteiger partial charge in [0.1, 0.15) is 5.69 Å². The van der Waals surface area contributed by atoms with Crippen molar-refractivity contribution < 1.29 is 19.5 Å². The minimum Gasteiger partial charge on any atom is -0.504 e. The van der Waals surface area contributed by atoms with E-state index < -0.39 is 28.1 Å². The predicted octanol–water partition coefficient (Wildman–Crippen LogP) is 2.73. The van der Waals surface area contributed by atoms with Gasteiger partial charge in [-0.1, -0.05) is 4.49 Å². The number of rotatable bonds is 3. The highest BCUT2D eigenvalue weighted by Crippen LogP contribution is 2.41. The second-order valence-electron chi connectivity index (χ2n) is 4.44. The van der Waals surface area contributed by atoms with Crippen LogP contribution < -0.4 is 0 Å². The zero-order valence-corrected chi connectivity index (χ0v) is 12.0. The molecular formula is C13H7FN4O4S. The Hall–Kier alpha value is -3.14. The van der Waals surface area contributed by atoms with Crippen molar-refractivity contribution in [2.45, 2.75) is 0 Å². The third-order valence-corrected chi connectivity index (χ3v) is 3.79. The van der Waals surface area contributed by atoms with E-state index in [0.717, 1.165) is 23.7 Å². The second kappa shape index (κ2) is 5.57. The molecule has 0 aliphatic rings. The van der Waals surface area contributed by atoms with Crippen LogP contribution in [0, 0.1) is 16.1 Å². The summed E-state index contributed by atoms with van der Waals surface area (Å²) in [7, 11) is 0. The summed E-state index contributed by atoms with van der Waals surface area (Å²) in [6.07, 6.45) is 1.27. The molecule has 0 amide bonds. The van der Waals surface area contributed by atoms with Crippen molar-refractivity contribution in [1.82, 2.24) is 14.6 Å². The van der Waals surface area contributed by atoms with E-state index in [1.54, 1.807) is 0 Å². The highest BCUT2D eigenvalue weighted by atomic mass is 32.1. The minimum absolute atomic E-state index is 0.174. The number of phenols is 2. The van der Waals surface area contributed by atoms with Crippen LogP contribution in [-0.4, -0.2) is 29.7 Å². The van der Waals surface area contributed by atoms with Gasteiger partial charge in [-0.15, -0.1) is 5.10 Å². The average Bonchev–Trinajstić information content (AvgIpc) is 2.99. The molecule has 0 saturated carbocycles. The molecule has 116 valence electrons. The molecule has 0 aliphatic heterocycles. The van der Waals surface area contributed by atoms with E-state index in [0.29, 0.717) is 10.4 Å². The zero-order valence-electron chi connectivity index (χ0n) is 11.2. The van der Waals surface area contributed by atoms with Gasteiger partial charge in [0, 0.05) is 29.5 Å². The van der Waals surface area contributed by atoms with Gasteiger partial charge in [0.25, 0.3) is 0 Å². The molecule has 0 fully saturated rings. The SMILES string of the molecule is O=[N+]([O-])c1cc(-c2nnsc2-c2ccnc(F)c2)cc(O)c1O. The van der Waals surface area contributed by atoms with Crippen molar-refractivity contribution in [1.29, 1.82) is 0 Å². The third kappa shape index (κ3) is 2.66. The van der Waals surface area contributed by atoms with Gasteiger partial charge < -0.3 is 10.2 Å². The number of hydrogen-bond donors (Lipinski definition) is 2. The molecule has 8 nitrogen and oxygen atoms in total. The molecule has 0 radical (unpaired) electrons. The van der Waals surface area contributed by atoms with Gasteiger partial charge in [0.2, 0.25) is 11.7 Å². The summed E-state index contributed by atoms with van der Waals surface area (Å²) < 4.78 is 17.0. The van der Waals surface area contributed by atoms with Crippen LogP contribution in [0.3, 0.4) is 0 Å².